The number of furan rings is 2. The largest absolute Gasteiger partial charge is 0.456 e. The van der Waals surface area contributed by atoms with Gasteiger partial charge in [-0.15, -0.1) is 0 Å². The summed E-state index contributed by atoms with van der Waals surface area (Å²) in [7, 11) is 0. The van der Waals surface area contributed by atoms with Crippen molar-refractivity contribution in [2.45, 2.75) is 0 Å². The summed E-state index contributed by atoms with van der Waals surface area (Å²) in [5.41, 5.74) is 8.82. The molecule has 0 aliphatic heterocycles. The summed E-state index contributed by atoms with van der Waals surface area (Å²) >= 11 is 0. The molecule has 0 aliphatic rings. The Morgan fingerprint density at radius 3 is 2.00 bits per heavy atom. The first-order valence-corrected chi connectivity index (χ1v) is 16.7. The van der Waals surface area contributed by atoms with Gasteiger partial charge in [-0.2, -0.15) is 0 Å². The molecule has 0 aliphatic carbocycles. The SMILES string of the molecule is c1ccc2cc(N(c3ccc4c(c3)oc3cccc(-c5nc6ccc7ccccc7c6o5)c34)c3cccc4oc5ccccc5c34)ccc2c1. The molecule has 234 valence electrons. The van der Waals surface area contributed by atoms with E-state index in [1.165, 1.54) is 10.8 Å². The number of aromatic nitrogens is 1. The van der Waals surface area contributed by atoms with Crippen LogP contribution in [0.3, 0.4) is 0 Å². The Labute approximate surface area is 285 Å². The molecule has 5 heteroatoms. The first-order valence-electron chi connectivity index (χ1n) is 16.7. The monoisotopic (exact) mass is 642 g/mol. The second kappa shape index (κ2) is 10.3. The van der Waals surface area contributed by atoms with Gasteiger partial charge in [-0.3, -0.25) is 0 Å². The minimum atomic E-state index is 0.574. The Balaban J connectivity index is 1.13. The Kier molecular flexibility index (Phi) is 5.60. The van der Waals surface area contributed by atoms with E-state index >= 15 is 0 Å². The van der Waals surface area contributed by atoms with Crippen molar-refractivity contribution in [3.05, 3.63) is 158 Å². The Hall–Kier alpha value is -6.85. The van der Waals surface area contributed by atoms with Crippen LogP contribution in [-0.4, -0.2) is 4.98 Å². The molecule has 50 heavy (non-hydrogen) atoms. The molecular weight excluding hydrogens is 617 g/mol. The summed E-state index contributed by atoms with van der Waals surface area (Å²) < 4.78 is 19.5. The highest BCUT2D eigenvalue weighted by molar-refractivity contribution is 6.15. The van der Waals surface area contributed by atoms with Crippen molar-refractivity contribution in [1.29, 1.82) is 0 Å². The molecule has 0 bridgehead atoms. The Morgan fingerprint density at radius 2 is 1.08 bits per heavy atom. The van der Waals surface area contributed by atoms with E-state index in [9.17, 15) is 0 Å². The van der Waals surface area contributed by atoms with E-state index in [4.69, 9.17) is 18.2 Å². The van der Waals surface area contributed by atoms with E-state index in [2.05, 4.69) is 114 Å². The zero-order valence-corrected chi connectivity index (χ0v) is 26.6. The highest BCUT2D eigenvalue weighted by Crippen LogP contribution is 2.45. The fourth-order valence-corrected chi connectivity index (χ4v) is 7.59. The fourth-order valence-electron chi connectivity index (χ4n) is 7.59. The third-order valence-electron chi connectivity index (χ3n) is 9.86. The highest BCUT2D eigenvalue weighted by atomic mass is 16.4. The van der Waals surface area contributed by atoms with Gasteiger partial charge < -0.3 is 18.2 Å². The average Bonchev–Trinajstić information content (AvgIpc) is 3.88. The summed E-state index contributed by atoms with van der Waals surface area (Å²) in [5.74, 6) is 0.574. The standard InChI is InChI=1S/C45H26N2O3/c1-2-11-29-25-30(21-19-27(29)9-1)47(37-15-8-18-40-43(37)33-13-5-6-16-38(33)48-40)31-22-23-34-41(26-31)49-39-17-7-14-35(42(34)39)45-46-36-24-20-28-10-3-4-12-32(28)44(36)50-45/h1-26H. The first kappa shape index (κ1) is 27.1. The van der Waals surface area contributed by atoms with Gasteiger partial charge >= 0.3 is 0 Å². The summed E-state index contributed by atoms with van der Waals surface area (Å²) in [6.07, 6.45) is 0. The molecule has 11 rings (SSSR count). The zero-order chi connectivity index (χ0) is 32.8. The number of hydrogen-bond acceptors (Lipinski definition) is 5. The number of rotatable bonds is 4. The molecule has 0 amide bonds. The van der Waals surface area contributed by atoms with Gasteiger partial charge in [-0.25, -0.2) is 4.98 Å². The smallest absolute Gasteiger partial charge is 0.228 e. The van der Waals surface area contributed by atoms with Crippen LogP contribution in [0.1, 0.15) is 0 Å². The summed E-state index contributed by atoms with van der Waals surface area (Å²) in [6.45, 7) is 0. The van der Waals surface area contributed by atoms with E-state index in [0.29, 0.717) is 5.89 Å². The van der Waals surface area contributed by atoms with Gasteiger partial charge in [-0.05, 0) is 76.8 Å². The van der Waals surface area contributed by atoms with E-state index in [1.54, 1.807) is 0 Å². The third kappa shape index (κ3) is 3.98. The van der Waals surface area contributed by atoms with Crippen LogP contribution in [0.25, 0.3) is 88.0 Å². The maximum absolute atomic E-state index is 6.62. The molecule has 0 unspecified atom stereocenters. The van der Waals surface area contributed by atoms with Gasteiger partial charge in [-0.1, -0.05) is 91.0 Å². The molecule has 0 atom stereocenters. The third-order valence-corrected chi connectivity index (χ3v) is 9.86. The predicted octanol–water partition coefficient (Wildman–Crippen LogP) is 13.1. The summed E-state index contributed by atoms with van der Waals surface area (Å²) in [5, 5.41) is 8.64. The Bertz CT molecular complexity index is 3130. The normalized spacial score (nSPS) is 12.0. The van der Waals surface area contributed by atoms with Gasteiger partial charge in [0.2, 0.25) is 5.89 Å². The van der Waals surface area contributed by atoms with Crippen molar-refractivity contribution in [3.8, 4) is 11.5 Å². The number of hydrogen-bond donors (Lipinski definition) is 0. The number of benzene rings is 8. The first-order chi connectivity index (χ1) is 24.8. The van der Waals surface area contributed by atoms with Crippen LogP contribution in [0.2, 0.25) is 0 Å². The molecule has 0 fully saturated rings. The van der Waals surface area contributed by atoms with Crippen LogP contribution in [0.4, 0.5) is 17.1 Å². The van der Waals surface area contributed by atoms with Gasteiger partial charge in [0.25, 0.3) is 0 Å². The lowest BCUT2D eigenvalue weighted by Gasteiger charge is -2.26. The minimum Gasteiger partial charge on any atom is -0.456 e. The summed E-state index contributed by atoms with van der Waals surface area (Å²) in [6, 6.07) is 54.4. The van der Waals surface area contributed by atoms with Crippen LogP contribution in [0.15, 0.2) is 171 Å². The molecule has 8 aromatic carbocycles. The van der Waals surface area contributed by atoms with Gasteiger partial charge in [0.15, 0.2) is 5.58 Å². The molecule has 0 saturated heterocycles. The van der Waals surface area contributed by atoms with Crippen LogP contribution in [0.5, 0.6) is 0 Å². The second-order valence-electron chi connectivity index (χ2n) is 12.7. The average molecular weight is 643 g/mol. The number of fused-ring (bicyclic) bond motifs is 10. The van der Waals surface area contributed by atoms with Crippen LogP contribution in [-0.2, 0) is 0 Å². The summed E-state index contributed by atoms with van der Waals surface area (Å²) in [4.78, 5) is 7.24. The van der Waals surface area contributed by atoms with Crippen LogP contribution >= 0.6 is 0 Å². The zero-order valence-electron chi connectivity index (χ0n) is 26.6. The maximum atomic E-state index is 6.62. The van der Waals surface area contributed by atoms with Crippen molar-refractivity contribution >= 4 is 93.6 Å². The second-order valence-corrected chi connectivity index (χ2v) is 12.7. The van der Waals surface area contributed by atoms with E-state index in [-0.39, 0.29) is 0 Å². The molecule has 11 aromatic rings. The highest BCUT2D eigenvalue weighted by Gasteiger charge is 2.22. The molecular formula is C45H26N2O3. The van der Waals surface area contributed by atoms with Gasteiger partial charge in [0.05, 0.1) is 11.1 Å². The van der Waals surface area contributed by atoms with Crippen molar-refractivity contribution < 1.29 is 13.3 Å². The van der Waals surface area contributed by atoms with Gasteiger partial charge in [0, 0.05) is 44.5 Å². The van der Waals surface area contributed by atoms with Crippen LogP contribution < -0.4 is 4.90 Å². The molecule has 0 N–H and O–H groups in total. The topological polar surface area (TPSA) is 55.6 Å². The molecule has 5 nitrogen and oxygen atoms in total. The molecule has 3 aromatic heterocycles. The van der Waals surface area contributed by atoms with Crippen molar-refractivity contribution in [2.24, 2.45) is 0 Å². The quantitative estimate of drug-likeness (QED) is 0.191. The number of oxazole rings is 1. The van der Waals surface area contributed by atoms with Crippen molar-refractivity contribution in [2.75, 3.05) is 4.90 Å². The fraction of sp³-hybridized carbons (Fsp3) is 0. The predicted molar refractivity (Wildman–Crippen MR) is 204 cm³/mol. The van der Waals surface area contributed by atoms with Gasteiger partial charge in [0.1, 0.15) is 27.8 Å². The minimum absolute atomic E-state index is 0.574. The number of nitrogens with zero attached hydrogens (tertiary/aromatic N) is 2. The maximum Gasteiger partial charge on any atom is 0.228 e. The van der Waals surface area contributed by atoms with Crippen molar-refractivity contribution in [3.63, 3.8) is 0 Å². The van der Waals surface area contributed by atoms with E-state index < -0.39 is 0 Å². The number of anilines is 3. The Morgan fingerprint density at radius 1 is 0.420 bits per heavy atom. The molecule has 3 heterocycles. The number of para-hydroxylation sites is 1. The van der Waals surface area contributed by atoms with E-state index in [0.717, 1.165) is 88.4 Å². The van der Waals surface area contributed by atoms with Crippen LogP contribution in [0, 0.1) is 0 Å². The molecule has 0 radical (unpaired) electrons. The lowest BCUT2D eigenvalue weighted by Crippen LogP contribution is -2.10. The lowest BCUT2D eigenvalue weighted by molar-refractivity contribution is 0.623. The van der Waals surface area contributed by atoms with E-state index in [1.807, 2.05) is 48.5 Å². The lowest BCUT2D eigenvalue weighted by atomic mass is 10.0. The van der Waals surface area contributed by atoms with Crippen molar-refractivity contribution in [1.82, 2.24) is 4.98 Å². The molecule has 0 spiro atoms. The molecule has 0 saturated carbocycles.